The molecule has 0 unspecified atom stereocenters. The lowest BCUT2D eigenvalue weighted by atomic mass is 9.96. The molecule has 28 heavy (non-hydrogen) atoms. The molecule has 5 rings (SSSR count). The molecule has 1 aromatic heterocycles. The standard InChI is InChI=1S/C23H22N2O3/c26-22(17-4-2-11-25(13-17)23(27)18-10-12-28-14-18)24-20-9-8-16-7-6-15-3-1-5-19(20)21(15)16/h1,3,5,8-10,12,14,17H,2,4,6-7,11,13H2,(H,24,26)/t17-/m1/s1. The first kappa shape index (κ1) is 17.0. The number of anilines is 1. The average Bonchev–Trinajstić information content (AvgIpc) is 3.41. The van der Waals surface area contributed by atoms with Gasteiger partial charge in [-0.05, 0) is 54.3 Å². The molecule has 5 heteroatoms. The van der Waals surface area contributed by atoms with Crippen molar-refractivity contribution in [3.8, 4) is 0 Å². The summed E-state index contributed by atoms with van der Waals surface area (Å²) in [6, 6.07) is 12.1. The van der Waals surface area contributed by atoms with Crippen LogP contribution in [0.1, 0.15) is 34.3 Å². The number of furan rings is 1. The highest BCUT2D eigenvalue weighted by Crippen LogP contribution is 2.35. The van der Waals surface area contributed by atoms with Crippen LogP contribution in [0.3, 0.4) is 0 Å². The third-order valence-corrected chi connectivity index (χ3v) is 5.98. The van der Waals surface area contributed by atoms with E-state index in [1.165, 1.54) is 29.0 Å². The molecule has 2 aromatic carbocycles. The number of likely N-dealkylation sites (tertiary alicyclic amines) is 1. The highest BCUT2D eigenvalue weighted by Gasteiger charge is 2.29. The first-order valence-corrected chi connectivity index (χ1v) is 9.86. The highest BCUT2D eigenvalue weighted by atomic mass is 16.3. The Morgan fingerprint density at radius 1 is 1.07 bits per heavy atom. The van der Waals surface area contributed by atoms with Gasteiger partial charge in [0.15, 0.2) is 0 Å². The minimum Gasteiger partial charge on any atom is -0.472 e. The van der Waals surface area contributed by atoms with Crippen molar-refractivity contribution >= 4 is 28.3 Å². The molecule has 1 aliphatic carbocycles. The van der Waals surface area contributed by atoms with Gasteiger partial charge >= 0.3 is 0 Å². The second-order valence-corrected chi connectivity index (χ2v) is 7.70. The Morgan fingerprint density at radius 2 is 1.93 bits per heavy atom. The largest absolute Gasteiger partial charge is 0.472 e. The molecule has 0 saturated carbocycles. The van der Waals surface area contributed by atoms with Crippen LogP contribution in [0.25, 0.3) is 10.8 Å². The van der Waals surface area contributed by atoms with Crippen molar-refractivity contribution in [2.75, 3.05) is 18.4 Å². The van der Waals surface area contributed by atoms with Gasteiger partial charge in [-0.25, -0.2) is 0 Å². The van der Waals surface area contributed by atoms with Crippen LogP contribution < -0.4 is 5.32 Å². The third kappa shape index (κ3) is 2.87. The first-order chi connectivity index (χ1) is 13.7. The number of carbonyl (C=O) groups is 2. The number of hydrogen-bond donors (Lipinski definition) is 1. The van der Waals surface area contributed by atoms with Gasteiger partial charge in [-0.15, -0.1) is 0 Å². The zero-order valence-electron chi connectivity index (χ0n) is 15.6. The summed E-state index contributed by atoms with van der Waals surface area (Å²) in [7, 11) is 0. The third-order valence-electron chi connectivity index (χ3n) is 5.98. The van der Waals surface area contributed by atoms with Crippen LogP contribution in [0.2, 0.25) is 0 Å². The van der Waals surface area contributed by atoms with Crippen LogP contribution >= 0.6 is 0 Å². The number of rotatable bonds is 3. The van der Waals surface area contributed by atoms with Crippen LogP contribution in [-0.4, -0.2) is 29.8 Å². The fraction of sp³-hybridized carbons (Fsp3) is 0.304. The molecule has 2 aliphatic rings. The number of carbonyl (C=O) groups excluding carboxylic acids is 2. The molecule has 2 heterocycles. The van der Waals surface area contributed by atoms with E-state index >= 15 is 0 Å². The van der Waals surface area contributed by atoms with E-state index in [9.17, 15) is 9.59 Å². The molecule has 1 N–H and O–H groups in total. The molecular formula is C23H22N2O3. The number of aryl methyl sites for hydroxylation is 2. The van der Waals surface area contributed by atoms with Crippen molar-refractivity contribution in [3.63, 3.8) is 0 Å². The number of hydrogen-bond acceptors (Lipinski definition) is 3. The molecular weight excluding hydrogens is 352 g/mol. The van der Waals surface area contributed by atoms with Crippen LogP contribution in [0.4, 0.5) is 5.69 Å². The van der Waals surface area contributed by atoms with Crippen molar-refractivity contribution in [1.82, 2.24) is 4.90 Å². The van der Waals surface area contributed by atoms with E-state index in [4.69, 9.17) is 4.42 Å². The summed E-state index contributed by atoms with van der Waals surface area (Å²) in [5, 5.41) is 5.54. The van der Waals surface area contributed by atoms with Crippen LogP contribution in [0.15, 0.2) is 53.3 Å². The fourth-order valence-corrected chi connectivity index (χ4v) is 4.53. The highest BCUT2D eigenvalue weighted by molar-refractivity contribution is 6.05. The van der Waals surface area contributed by atoms with Gasteiger partial charge in [0.2, 0.25) is 5.91 Å². The van der Waals surface area contributed by atoms with E-state index in [0.29, 0.717) is 18.7 Å². The smallest absolute Gasteiger partial charge is 0.257 e. The Morgan fingerprint density at radius 3 is 2.75 bits per heavy atom. The molecule has 142 valence electrons. The summed E-state index contributed by atoms with van der Waals surface area (Å²) >= 11 is 0. The number of nitrogens with one attached hydrogen (secondary N) is 1. The maximum atomic E-state index is 13.0. The molecule has 2 amide bonds. The predicted molar refractivity (Wildman–Crippen MR) is 107 cm³/mol. The molecule has 0 bridgehead atoms. The number of nitrogens with zero attached hydrogens (tertiary/aromatic N) is 1. The number of piperidine rings is 1. The Kier molecular flexibility index (Phi) is 4.15. The van der Waals surface area contributed by atoms with Crippen molar-refractivity contribution < 1.29 is 14.0 Å². The zero-order valence-corrected chi connectivity index (χ0v) is 15.6. The van der Waals surface area contributed by atoms with Gasteiger partial charge in [-0.2, -0.15) is 0 Å². The van der Waals surface area contributed by atoms with E-state index in [1.807, 2.05) is 6.07 Å². The van der Waals surface area contributed by atoms with Crippen LogP contribution in [0, 0.1) is 5.92 Å². The molecule has 1 fully saturated rings. The lowest BCUT2D eigenvalue weighted by Gasteiger charge is -2.32. The van der Waals surface area contributed by atoms with Gasteiger partial charge in [0.25, 0.3) is 5.91 Å². The number of amides is 2. The van der Waals surface area contributed by atoms with Crippen molar-refractivity contribution in [3.05, 3.63) is 65.6 Å². The van der Waals surface area contributed by atoms with Crippen molar-refractivity contribution in [2.45, 2.75) is 25.7 Å². The molecule has 1 saturated heterocycles. The van der Waals surface area contributed by atoms with Gasteiger partial charge in [0.1, 0.15) is 6.26 Å². The first-order valence-electron chi connectivity index (χ1n) is 9.86. The quantitative estimate of drug-likeness (QED) is 0.753. The summed E-state index contributed by atoms with van der Waals surface area (Å²) in [4.78, 5) is 27.3. The molecule has 0 radical (unpaired) electrons. The van der Waals surface area contributed by atoms with Gasteiger partial charge in [-0.3, -0.25) is 9.59 Å². The number of benzene rings is 2. The minimum absolute atomic E-state index is 0.0107. The molecule has 5 nitrogen and oxygen atoms in total. The minimum atomic E-state index is -0.201. The summed E-state index contributed by atoms with van der Waals surface area (Å²) < 4.78 is 5.02. The zero-order chi connectivity index (χ0) is 19.1. The van der Waals surface area contributed by atoms with E-state index in [0.717, 1.165) is 36.8 Å². The average molecular weight is 374 g/mol. The van der Waals surface area contributed by atoms with Crippen LogP contribution in [-0.2, 0) is 17.6 Å². The molecule has 3 aromatic rings. The summed E-state index contributed by atoms with van der Waals surface area (Å²) in [5.74, 6) is -0.285. The maximum Gasteiger partial charge on any atom is 0.257 e. The van der Waals surface area contributed by atoms with Gasteiger partial charge < -0.3 is 14.6 Å². The summed E-state index contributed by atoms with van der Waals surface area (Å²) in [6.45, 7) is 1.12. The fourth-order valence-electron chi connectivity index (χ4n) is 4.53. The second kappa shape index (κ2) is 6.82. The van der Waals surface area contributed by atoms with E-state index in [2.05, 4.69) is 29.6 Å². The lowest BCUT2D eigenvalue weighted by molar-refractivity contribution is -0.121. The van der Waals surface area contributed by atoms with Gasteiger partial charge in [-0.1, -0.05) is 24.3 Å². The molecule has 0 spiro atoms. The topological polar surface area (TPSA) is 62.6 Å². The predicted octanol–water partition coefficient (Wildman–Crippen LogP) is 4.02. The second-order valence-electron chi connectivity index (χ2n) is 7.70. The normalized spacial score (nSPS) is 18.4. The monoisotopic (exact) mass is 374 g/mol. The lowest BCUT2D eigenvalue weighted by Crippen LogP contribution is -2.43. The summed E-state index contributed by atoms with van der Waals surface area (Å²) in [5.41, 5.74) is 4.12. The molecule has 1 aliphatic heterocycles. The van der Waals surface area contributed by atoms with Gasteiger partial charge in [0, 0.05) is 24.2 Å². The Hall–Kier alpha value is -3.08. The van der Waals surface area contributed by atoms with E-state index < -0.39 is 0 Å². The summed E-state index contributed by atoms with van der Waals surface area (Å²) in [6.07, 6.45) is 6.71. The SMILES string of the molecule is O=C(Nc1ccc2c3c(cccc13)CC2)[C@@H]1CCCN(C(=O)c2ccoc2)C1. The Balaban J connectivity index is 1.35. The van der Waals surface area contributed by atoms with E-state index in [1.54, 1.807) is 11.0 Å². The molecule has 1 atom stereocenters. The Labute approximate surface area is 163 Å². The Bertz CT molecular complexity index is 1040. The maximum absolute atomic E-state index is 13.0. The van der Waals surface area contributed by atoms with Gasteiger partial charge in [0.05, 0.1) is 17.7 Å². The van der Waals surface area contributed by atoms with E-state index in [-0.39, 0.29) is 17.7 Å². The van der Waals surface area contributed by atoms with Crippen molar-refractivity contribution in [2.24, 2.45) is 5.92 Å². The van der Waals surface area contributed by atoms with Crippen molar-refractivity contribution in [1.29, 1.82) is 0 Å². The van der Waals surface area contributed by atoms with Crippen LogP contribution in [0.5, 0.6) is 0 Å².